The van der Waals surface area contributed by atoms with E-state index in [9.17, 15) is 4.79 Å². The van der Waals surface area contributed by atoms with Crippen molar-refractivity contribution < 1.29 is 14.3 Å². The third-order valence-electron chi connectivity index (χ3n) is 2.37. The molecule has 0 aliphatic carbocycles. The molecule has 0 aromatic carbocycles. The number of carbonyl (C=O) groups excluding carboxylic acids is 1. The highest BCUT2D eigenvalue weighted by Crippen LogP contribution is 2.26. The Labute approximate surface area is 108 Å². The minimum Gasteiger partial charge on any atom is -0.483 e. The minimum atomic E-state index is -0.415. The van der Waals surface area contributed by atoms with Gasteiger partial charge in [0.25, 0.3) is 0 Å². The molecule has 1 rings (SSSR count). The fourth-order valence-electron chi connectivity index (χ4n) is 1.47. The molecule has 0 fully saturated rings. The molecule has 1 aliphatic rings. The first kappa shape index (κ1) is 14.3. The quantitative estimate of drug-likeness (QED) is 0.568. The number of hydrogen-bond acceptors (Lipinski definition) is 3. The number of rotatable bonds is 3. The van der Waals surface area contributed by atoms with Crippen LogP contribution in [0.4, 0.5) is 0 Å². The van der Waals surface area contributed by atoms with E-state index in [1.165, 1.54) is 12.7 Å². The lowest BCUT2D eigenvalue weighted by Crippen LogP contribution is -2.25. The summed E-state index contributed by atoms with van der Waals surface area (Å²) < 4.78 is 10.5. The molecular formula is C15H20O3. The molecule has 0 spiro atoms. The lowest BCUT2D eigenvalue weighted by atomic mass is 10.0. The number of ether oxygens (including phenoxy) is 2. The number of methoxy groups -OCH3 is 1. The van der Waals surface area contributed by atoms with Gasteiger partial charge in [-0.1, -0.05) is 17.7 Å². The maximum atomic E-state index is 11.6. The van der Waals surface area contributed by atoms with Crippen LogP contribution in [0.1, 0.15) is 27.7 Å². The second-order valence-corrected chi connectivity index (χ2v) is 4.91. The first-order valence-corrected chi connectivity index (χ1v) is 5.88. The van der Waals surface area contributed by atoms with E-state index in [2.05, 4.69) is 0 Å². The van der Waals surface area contributed by atoms with E-state index < -0.39 is 11.6 Å². The van der Waals surface area contributed by atoms with Crippen molar-refractivity contribution in [1.29, 1.82) is 0 Å². The van der Waals surface area contributed by atoms with E-state index in [-0.39, 0.29) is 0 Å². The van der Waals surface area contributed by atoms with Crippen LogP contribution in [-0.2, 0) is 14.3 Å². The van der Waals surface area contributed by atoms with Gasteiger partial charge in [-0.3, -0.25) is 0 Å². The Balaban J connectivity index is 3.07. The molecule has 3 nitrogen and oxygen atoms in total. The Bertz CT molecular complexity index is 444. The maximum Gasteiger partial charge on any atom is 0.341 e. The van der Waals surface area contributed by atoms with Gasteiger partial charge in [0.2, 0.25) is 0 Å². The van der Waals surface area contributed by atoms with E-state index in [0.29, 0.717) is 11.3 Å². The minimum absolute atomic E-state index is 0.390. The third-order valence-corrected chi connectivity index (χ3v) is 2.37. The van der Waals surface area contributed by atoms with E-state index in [4.69, 9.17) is 9.47 Å². The lowest BCUT2D eigenvalue weighted by Gasteiger charge is -2.27. The lowest BCUT2D eigenvalue weighted by molar-refractivity contribution is -0.136. The summed E-state index contributed by atoms with van der Waals surface area (Å²) in [5.74, 6) is 0.144. The van der Waals surface area contributed by atoms with Crippen molar-refractivity contribution in [3.05, 3.63) is 47.3 Å². The van der Waals surface area contributed by atoms with Gasteiger partial charge >= 0.3 is 5.97 Å². The molecule has 1 aliphatic heterocycles. The molecule has 3 heteroatoms. The number of carbonyl (C=O) groups is 1. The molecule has 0 N–H and O–H groups in total. The summed E-state index contributed by atoms with van der Waals surface area (Å²) in [4.78, 5) is 11.6. The Morgan fingerprint density at radius 2 is 2.06 bits per heavy atom. The predicted octanol–water partition coefficient (Wildman–Crippen LogP) is 3.30. The molecule has 1 heterocycles. The zero-order valence-electron chi connectivity index (χ0n) is 11.6. The Hall–Kier alpha value is -1.77. The van der Waals surface area contributed by atoms with Crippen LogP contribution in [0.15, 0.2) is 47.3 Å². The molecule has 0 unspecified atom stereocenters. The second-order valence-electron chi connectivity index (χ2n) is 4.91. The third kappa shape index (κ3) is 3.91. The predicted molar refractivity (Wildman–Crippen MR) is 71.9 cm³/mol. The average Bonchev–Trinajstić information content (AvgIpc) is 2.27. The molecule has 0 bridgehead atoms. The van der Waals surface area contributed by atoms with Crippen molar-refractivity contribution in [2.45, 2.75) is 33.3 Å². The van der Waals surface area contributed by atoms with Gasteiger partial charge in [-0.2, -0.15) is 0 Å². The smallest absolute Gasteiger partial charge is 0.341 e. The Kier molecular flexibility index (Phi) is 4.54. The van der Waals surface area contributed by atoms with Crippen LogP contribution in [0.25, 0.3) is 0 Å². The summed E-state index contributed by atoms with van der Waals surface area (Å²) in [7, 11) is 1.36. The highest BCUT2D eigenvalue weighted by molar-refractivity contribution is 5.92. The van der Waals surface area contributed by atoms with E-state index >= 15 is 0 Å². The first-order valence-electron chi connectivity index (χ1n) is 5.88. The van der Waals surface area contributed by atoms with Crippen LogP contribution in [-0.4, -0.2) is 18.7 Å². The molecule has 98 valence electrons. The zero-order valence-corrected chi connectivity index (χ0v) is 11.6. The van der Waals surface area contributed by atoms with Crippen molar-refractivity contribution in [3.63, 3.8) is 0 Å². The van der Waals surface area contributed by atoms with E-state index in [1.807, 2.05) is 45.9 Å². The number of hydrogen-bond donors (Lipinski definition) is 0. The fraction of sp³-hybridized carbons (Fsp3) is 0.400. The molecule has 0 atom stereocenters. The van der Waals surface area contributed by atoms with Gasteiger partial charge in [-0.05, 0) is 45.9 Å². The standard InChI is InChI=1S/C15H20O3/c1-11(2)7-6-8-13-12(14(16)17-5)9-10-15(3,4)18-13/h6-10H,1-5H3/b8-6+. The summed E-state index contributed by atoms with van der Waals surface area (Å²) >= 11 is 0. The van der Waals surface area contributed by atoms with Crippen LogP contribution in [0.2, 0.25) is 0 Å². The highest BCUT2D eigenvalue weighted by Gasteiger charge is 2.25. The topological polar surface area (TPSA) is 35.5 Å². The molecule has 0 saturated carbocycles. The van der Waals surface area contributed by atoms with Crippen LogP contribution in [0.3, 0.4) is 0 Å². The SMILES string of the molecule is COC(=O)C1=C(/C=C/C=C(C)C)OC(C)(C)C=C1. The molecule has 0 aromatic heterocycles. The van der Waals surface area contributed by atoms with Gasteiger partial charge in [0, 0.05) is 0 Å². The summed E-state index contributed by atoms with van der Waals surface area (Å²) in [6.45, 7) is 7.88. The molecule has 18 heavy (non-hydrogen) atoms. The van der Waals surface area contributed by atoms with Gasteiger partial charge in [0.1, 0.15) is 16.9 Å². The van der Waals surface area contributed by atoms with Gasteiger partial charge in [-0.25, -0.2) is 4.79 Å². The average molecular weight is 248 g/mol. The Morgan fingerprint density at radius 1 is 1.39 bits per heavy atom. The van der Waals surface area contributed by atoms with Crippen LogP contribution in [0, 0.1) is 0 Å². The van der Waals surface area contributed by atoms with Gasteiger partial charge in [0.05, 0.1) is 7.11 Å². The van der Waals surface area contributed by atoms with Crippen molar-refractivity contribution in [2.24, 2.45) is 0 Å². The number of esters is 1. The summed E-state index contributed by atoms with van der Waals surface area (Å²) in [5.41, 5.74) is 1.20. The molecule has 0 radical (unpaired) electrons. The normalized spacial score (nSPS) is 17.6. The van der Waals surface area contributed by atoms with E-state index in [1.54, 1.807) is 12.2 Å². The van der Waals surface area contributed by atoms with Crippen molar-refractivity contribution in [2.75, 3.05) is 7.11 Å². The maximum absolute atomic E-state index is 11.6. The Morgan fingerprint density at radius 3 is 2.61 bits per heavy atom. The van der Waals surface area contributed by atoms with Gasteiger partial charge in [-0.15, -0.1) is 0 Å². The van der Waals surface area contributed by atoms with Crippen molar-refractivity contribution in [1.82, 2.24) is 0 Å². The number of allylic oxidation sites excluding steroid dienone is 4. The zero-order chi connectivity index (χ0) is 13.8. The summed E-state index contributed by atoms with van der Waals surface area (Å²) in [6.07, 6.45) is 9.19. The molecular weight excluding hydrogens is 228 g/mol. The van der Waals surface area contributed by atoms with Crippen molar-refractivity contribution >= 4 is 5.97 Å². The molecule has 0 amide bonds. The van der Waals surface area contributed by atoms with Crippen LogP contribution < -0.4 is 0 Å². The highest BCUT2D eigenvalue weighted by atomic mass is 16.5. The fourth-order valence-corrected chi connectivity index (χ4v) is 1.47. The van der Waals surface area contributed by atoms with E-state index in [0.717, 1.165) is 0 Å². The first-order chi connectivity index (χ1) is 8.35. The van der Waals surface area contributed by atoms with Crippen LogP contribution >= 0.6 is 0 Å². The summed E-state index contributed by atoms with van der Waals surface area (Å²) in [6, 6.07) is 0. The molecule has 0 saturated heterocycles. The van der Waals surface area contributed by atoms with Crippen LogP contribution in [0.5, 0.6) is 0 Å². The largest absolute Gasteiger partial charge is 0.483 e. The van der Waals surface area contributed by atoms with Crippen molar-refractivity contribution in [3.8, 4) is 0 Å². The second kappa shape index (κ2) is 5.71. The molecule has 0 aromatic rings. The van der Waals surface area contributed by atoms with Gasteiger partial charge < -0.3 is 9.47 Å². The van der Waals surface area contributed by atoms with Gasteiger partial charge in [0.15, 0.2) is 0 Å². The summed E-state index contributed by atoms with van der Waals surface area (Å²) in [5, 5.41) is 0. The monoisotopic (exact) mass is 248 g/mol.